The van der Waals surface area contributed by atoms with Crippen LogP contribution in [0.2, 0.25) is 0 Å². The number of nitrogens with one attached hydrogen (secondary N) is 1. The zero-order valence-corrected chi connectivity index (χ0v) is 15.2. The fourth-order valence-electron chi connectivity index (χ4n) is 2.28. The van der Waals surface area contributed by atoms with Crippen LogP contribution in [0.1, 0.15) is 5.56 Å². The van der Waals surface area contributed by atoms with E-state index in [1.165, 1.54) is 44.6 Å². The molecule has 2 rings (SSSR count). The Kier molecular flexibility index (Phi) is 7.09. The highest BCUT2D eigenvalue weighted by Gasteiger charge is 2.10. The van der Waals surface area contributed by atoms with E-state index in [4.69, 9.17) is 14.2 Å². The number of carbonyl (C=O) groups is 2. The molecular formula is C19H18N2O7. The molecule has 2 aromatic rings. The first kappa shape index (κ1) is 20.4. The van der Waals surface area contributed by atoms with Crippen LogP contribution in [0.15, 0.2) is 48.5 Å². The number of nitrogens with zero attached hydrogens (tertiary/aromatic N) is 1. The minimum atomic E-state index is -0.737. The van der Waals surface area contributed by atoms with E-state index >= 15 is 0 Å². The number of hydrogen-bond acceptors (Lipinski definition) is 7. The number of carbonyl (C=O) groups excluding carboxylic acids is 2. The normalized spacial score (nSPS) is 10.4. The lowest BCUT2D eigenvalue weighted by Crippen LogP contribution is -2.20. The third-order valence-electron chi connectivity index (χ3n) is 3.52. The summed E-state index contributed by atoms with van der Waals surface area (Å²) >= 11 is 0. The van der Waals surface area contributed by atoms with Gasteiger partial charge in [0.25, 0.3) is 11.6 Å². The Morgan fingerprint density at radius 1 is 1.14 bits per heavy atom. The van der Waals surface area contributed by atoms with E-state index in [2.05, 4.69) is 5.32 Å². The fourth-order valence-corrected chi connectivity index (χ4v) is 2.28. The van der Waals surface area contributed by atoms with Gasteiger partial charge in [-0.15, -0.1) is 0 Å². The van der Waals surface area contributed by atoms with E-state index in [9.17, 15) is 19.7 Å². The maximum Gasteiger partial charge on any atom is 0.331 e. The molecule has 2 aromatic carbocycles. The quantitative estimate of drug-likeness (QED) is 0.321. The van der Waals surface area contributed by atoms with Crippen molar-refractivity contribution in [3.05, 3.63) is 64.2 Å². The molecule has 0 fully saturated rings. The molecule has 28 heavy (non-hydrogen) atoms. The molecule has 0 aliphatic heterocycles. The van der Waals surface area contributed by atoms with E-state index in [0.29, 0.717) is 17.1 Å². The predicted octanol–water partition coefficient (Wildman–Crippen LogP) is 2.81. The molecule has 0 aliphatic rings. The second kappa shape index (κ2) is 9.72. The lowest BCUT2D eigenvalue weighted by atomic mass is 10.1. The summed E-state index contributed by atoms with van der Waals surface area (Å²) < 4.78 is 15.3. The van der Waals surface area contributed by atoms with E-state index in [1.807, 2.05) is 0 Å². The summed E-state index contributed by atoms with van der Waals surface area (Å²) in [6.07, 6.45) is 2.63. The van der Waals surface area contributed by atoms with Crippen LogP contribution in [0.25, 0.3) is 6.08 Å². The van der Waals surface area contributed by atoms with Gasteiger partial charge >= 0.3 is 5.97 Å². The summed E-state index contributed by atoms with van der Waals surface area (Å²) in [4.78, 5) is 33.8. The van der Waals surface area contributed by atoms with Crippen molar-refractivity contribution < 1.29 is 28.7 Å². The van der Waals surface area contributed by atoms with Crippen LogP contribution >= 0.6 is 0 Å². The molecule has 146 valence electrons. The van der Waals surface area contributed by atoms with E-state index in [1.54, 1.807) is 18.2 Å². The third kappa shape index (κ3) is 5.56. The van der Waals surface area contributed by atoms with Crippen molar-refractivity contribution in [1.29, 1.82) is 0 Å². The summed E-state index contributed by atoms with van der Waals surface area (Å²) in [5.74, 6) is -0.396. The van der Waals surface area contributed by atoms with Crippen LogP contribution in [0.4, 0.5) is 11.4 Å². The smallest absolute Gasteiger partial charge is 0.331 e. The van der Waals surface area contributed by atoms with E-state index < -0.39 is 23.4 Å². The lowest BCUT2D eigenvalue weighted by Gasteiger charge is -2.09. The van der Waals surface area contributed by atoms with Crippen molar-refractivity contribution in [2.24, 2.45) is 0 Å². The van der Waals surface area contributed by atoms with Crippen molar-refractivity contribution in [3.63, 3.8) is 0 Å². The molecule has 9 nitrogen and oxygen atoms in total. The Morgan fingerprint density at radius 2 is 1.89 bits per heavy atom. The first-order valence-corrected chi connectivity index (χ1v) is 8.04. The van der Waals surface area contributed by atoms with Gasteiger partial charge in [-0.1, -0.05) is 18.2 Å². The molecule has 0 spiro atoms. The predicted molar refractivity (Wildman–Crippen MR) is 101 cm³/mol. The standard InChI is InChI=1S/C19H18N2O7/c1-26-16-8-3-5-13(19(16)27-2)9-10-18(23)28-12-17(22)20-14-6-4-7-15(11-14)21(24)25/h3-11H,12H2,1-2H3,(H,20,22)/b10-9+. The molecule has 1 N–H and O–H groups in total. The number of amides is 1. The topological polar surface area (TPSA) is 117 Å². The average Bonchev–Trinajstić information content (AvgIpc) is 2.70. The number of benzene rings is 2. The summed E-state index contributed by atoms with van der Waals surface area (Å²) in [7, 11) is 2.98. The van der Waals surface area contributed by atoms with Gasteiger partial charge in [-0.05, 0) is 18.2 Å². The Labute approximate surface area is 160 Å². The summed E-state index contributed by atoms with van der Waals surface area (Å²) in [5, 5.41) is 13.1. The molecule has 0 aliphatic carbocycles. The van der Waals surface area contributed by atoms with Crippen molar-refractivity contribution in [1.82, 2.24) is 0 Å². The first-order chi connectivity index (χ1) is 13.4. The molecule has 0 saturated carbocycles. The number of non-ortho nitro benzene ring substituents is 1. The second-order valence-corrected chi connectivity index (χ2v) is 5.38. The van der Waals surface area contributed by atoms with Gasteiger partial charge in [0.1, 0.15) is 0 Å². The van der Waals surface area contributed by atoms with Crippen molar-refractivity contribution in [2.75, 3.05) is 26.1 Å². The van der Waals surface area contributed by atoms with Crippen LogP contribution in [0.3, 0.4) is 0 Å². The molecular weight excluding hydrogens is 368 g/mol. The Balaban J connectivity index is 1.92. The van der Waals surface area contributed by atoms with Gasteiger partial charge < -0.3 is 19.5 Å². The number of hydrogen-bond donors (Lipinski definition) is 1. The van der Waals surface area contributed by atoms with Gasteiger partial charge in [0.15, 0.2) is 18.1 Å². The molecule has 0 aromatic heterocycles. The Bertz CT molecular complexity index is 909. The molecule has 0 saturated heterocycles. The monoisotopic (exact) mass is 386 g/mol. The molecule has 9 heteroatoms. The highest BCUT2D eigenvalue weighted by atomic mass is 16.6. The van der Waals surface area contributed by atoms with Gasteiger partial charge in [-0.2, -0.15) is 0 Å². The van der Waals surface area contributed by atoms with Gasteiger partial charge in [0, 0.05) is 29.5 Å². The molecule has 0 bridgehead atoms. The maximum atomic E-state index is 11.8. The Morgan fingerprint density at radius 3 is 2.57 bits per heavy atom. The van der Waals surface area contributed by atoms with Gasteiger partial charge in [0.2, 0.25) is 0 Å². The highest BCUT2D eigenvalue weighted by molar-refractivity contribution is 5.95. The molecule has 0 heterocycles. The van der Waals surface area contributed by atoms with Crippen molar-refractivity contribution in [3.8, 4) is 11.5 Å². The number of rotatable bonds is 8. The van der Waals surface area contributed by atoms with Crippen molar-refractivity contribution >= 4 is 29.3 Å². The maximum absolute atomic E-state index is 11.8. The average molecular weight is 386 g/mol. The number of esters is 1. The summed E-state index contributed by atoms with van der Waals surface area (Å²) in [6.45, 7) is -0.541. The summed E-state index contributed by atoms with van der Waals surface area (Å²) in [5.41, 5.74) is 0.664. The number of para-hydroxylation sites is 1. The third-order valence-corrected chi connectivity index (χ3v) is 3.52. The zero-order valence-electron chi connectivity index (χ0n) is 15.2. The van der Waals surface area contributed by atoms with Crippen LogP contribution < -0.4 is 14.8 Å². The van der Waals surface area contributed by atoms with Crippen LogP contribution in [0.5, 0.6) is 11.5 Å². The zero-order chi connectivity index (χ0) is 20.5. The van der Waals surface area contributed by atoms with E-state index in [-0.39, 0.29) is 11.4 Å². The number of ether oxygens (including phenoxy) is 3. The van der Waals surface area contributed by atoms with Crippen LogP contribution in [-0.4, -0.2) is 37.6 Å². The number of anilines is 1. The number of nitro benzene ring substituents is 1. The Hall–Kier alpha value is -3.88. The van der Waals surface area contributed by atoms with Crippen molar-refractivity contribution in [2.45, 2.75) is 0 Å². The molecule has 1 amide bonds. The largest absolute Gasteiger partial charge is 0.493 e. The first-order valence-electron chi connectivity index (χ1n) is 8.04. The molecule has 0 unspecified atom stereocenters. The number of methoxy groups -OCH3 is 2. The van der Waals surface area contributed by atoms with Gasteiger partial charge in [-0.25, -0.2) is 4.79 Å². The van der Waals surface area contributed by atoms with Gasteiger partial charge in [-0.3, -0.25) is 14.9 Å². The lowest BCUT2D eigenvalue weighted by molar-refractivity contribution is -0.384. The molecule has 0 radical (unpaired) electrons. The second-order valence-electron chi connectivity index (χ2n) is 5.38. The summed E-state index contributed by atoms with van der Waals surface area (Å²) in [6, 6.07) is 10.6. The van der Waals surface area contributed by atoms with Gasteiger partial charge in [0.05, 0.1) is 19.1 Å². The minimum Gasteiger partial charge on any atom is -0.493 e. The van der Waals surface area contributed by atoms with Crippen LogP contribution in [-0.2, 0) is 14.3 Å². The molecule has 0 atom stereocenters. The van der Waals surface area contributed by atoms with E-state index in [0.717, 1.165) is 6.08 Å². The van der Waals surface area contributed by atoms with Crippen LogP contribution in [0, 0.1) is 10.1 Å². The highest BCUT2D eigenvalue weighted by Crippen LogP contribution is 2.31. The minimum absolute atomic E-state index is 0.162. The number of nitro groups is 1. The fraction of sp³-hybridized carbons (Fsp3) is 0.158. The SMILES string of the molecule is COc1cccc(/C=C/C(=O)OCC(=O)Nc2cccc([N+](=O)[O-])c2)c1OC.